The molecule has 3 aromatic rings. The summed E-state index contributed by atoms with van der Waals surface area (Å²) in [6, 6.07) is 17.9. The molecule has 1 amide bonds. The Morgan fingerprint density at radius 1 is 0.968 bits per heavy atom. The Morgan fingerprint density at radius 3 is 2.61 bits per heavy atom. The van der Waals surface area contributed by atoms with Crippen LogP contribution in [0.15, 0.2) is 76.2 Å². The minimum atomic E-state index is -3.70. The van der Waals surface area contributed by atoms with E-state index in [1.807, 2.05) is 36.4 Å². The van der Waals surface area contributed by atoms with Crippen molar-refractivity contribution in [2.45, 2.75) is 36.7 Å². The fourth-order valence-electron chi connectivity index (χ4n) is 4.57. The molecule has 0 radical (unpaired) electrons. The second-order valence-electron chi connectivity index (χ2n) is 8.06. The quantitative estimate of drug-likeness (QED) is 0.620. The molecule has 1 unspecified atom stereocenters. The molecule has 5 rings (SSSR count). The number of furan rings is 1. The Hall–Kier alpha value is -2.90. The first-order valence-electron chi connectivity index (χ1n) is 10.6. The minimum absolute atomic E-state index is 0.110. The number of likely N-dealkylation sites (tertiary alicyclic amines) is 1. The second-order valence-corrected chi connectivity index (χ2v) is 10.00. The molecule has 3 heterocycles. The third-order valence-corrected chi connectivity index (χ3v) is 8.04. The summed E-state index contributed by atoms with van der Waals surface area (Å²) >= 11 is 0. The molecular weight excluding hydrogens is 412 g/mol. The molecule has 1 saturated heterocycles. The van der Waals surface area contributed by atoms with Crippen LogP contribution < -0.4 is 0 Å². The zero-order valence-electron chi connectivity index (χ0n) is 17.1. The molecule has 1 aromatic heterocycles. The monoisotopic (exact) mass is 436 g/mol. The first-order valence-corrected chi connectivity index (χ1v) is 12.0. The minimum Gasteiger partial charge on any atom is -0.467 e. The molecule has 6 nitrogen and oxygen atoms in total. The molecule has 0 spiro atoms. The molecule has 0 saturated carbocycles. The molecular formula is C24H24N2O4S. The number of rotatable bonds is 4. The van der Waals surface area contributed by atoms with Crippen LogP contribution in [0, 0.1) is 0 Å². The van der Waals surface area contributed by atoms with E-state index in [1.54, 1.807) is 29.4 Å². The molecule has 1 fully saturated rings. The van der Waals surface area contributed by atoms with E-state index in [2.05, 4.69) is 0 Å². The average molecular weight is 437 g/mol. The van der Waals surface area contributed by atoms with E-state index in [0.29, 0.717) is 31.6 Å². The van der Waals surface area contributed by atoms with Gasteiger partial charge in [0.25, 0.3) is 5.91 Å². The topological polar surface area (TPSA) is 70.8 Å². The largest absolute Gasteiger partial charge is 0.467 e. The number of hydrogen-bond acceptors (Lipinski definition) is 4. The fraction of sp³-hybridized carbons (Fsp3) is 0.292. The Labute approximate surface area is 182 Å². The zero-order chi connectivity index (χ0) is 21.4. The summed E-state index contributed by atoms with van der Waals surface area (Å²) in [6.45, 7) is 1.41. The predicted octanol–water partition coefficient (Wildman–Crippen LogP) is 4.00. The molecule has 2 aromatic carbocycles. The Morgan fingerprint density at radius 2 is 1.81 bits per heavy atom. The van der Waals surface area contributed by atoms with Crippen LogP contribution >= 0.6 is 0 Å². The summed E-state index contributed by atoms with van der Waals surface area (Å²) in [5, 5.41) is 0. The highest BCUT2D eigenvalue weighted by atomic mass is 32.2. The summed E-state index contributed by atoms with van der Waals surface area (Å²) < 4.78 is 33.7. The van der Waals surface area contributed by atoms with Crippen LogP contribution in [0.25, 0.3) is 0 Å². The van der Waals surface area contributed by atoms with Crippen molar-refractivity contribution in [1.29, 1.82) is 0 Å². The third-order valence-electron chi connectivity index (χ3n) is 6.20. The summed E-state index contributed by atoms with van der Waals surface area (Å²) in [4.78, 5) is 15.2. The zero-order valence-corrected chi connectivity index (χ0v) is 17.9. The van der Waals surface area contributed by atoms with Crippen LogP contribution in [-0.2, 0) is 23.0 Å². The van der Waals surface area contributed by atoms with Crippen LogP contribution in [0.3, 0.4) is 0 Å². The molecule has 0 aliphatic carbocycles. The van der Waals surface area contributed by atoms with Gasteiger partial charge in [-0.2, -0.15) is 4.31 Å². The van der Waals surface area contributed by atoms with Gasteiger partial charge in [-0.25, -0.2) is 8.42 Å². The van der Waals surface area contributed by atoms with Gasteiger partial charge in [0.15, 0.2) is 0 Å². The first-order chi connectivity index (χ1) is 15.0. The standard InChI is InChI=1S/C24H24N2O4S/c27-24(26-13-4-10-22(26)23-11-5-15-30-23)19-8-3-9-21(16-19)31(28,29)25-14-12-18-6-1-2-7-20(18)17-25/h1-3,5-9,11,15-16,22H,4,10,12-14,17H2. The molecule has 2 aliphatic heterocycles. The van der Waals surface area contributed by atoms with Gasteiger partial charge in [0, 0.05) is 25.2 Å². The van der Waals surface area contributed by atoms with Gasteiger partial charge in [0.1, 0.15) is 5.76 Å². The summed E-state index contributed by atoms with van der Waals surface area (Å²) in [5.74, 6) is 0.599. The van der Waals surface area contributed by atoms with Crippen LogP contribution in [0.4, 0.5) is 0 Å². The van der Waals surface area contributed by atoms with Crippen molar-refractivity contribution >= 4 is 15.9 Å². The van der Waals surface area contributed by atoms with Crippen molar-refractivity contribution in [3.63, 3.8) is 0 Å². The van der Waals surface area contributed by atoms with E-state index in [4.69, 9.17) is 4.42 Å². The lowest BCUT2D eigenvalue weighted by Crippen LogP contribution is -2.36. The van der Waals surface area contributed by atoms with E-state index in [-0.39, 0.29) is 16.8 Å². The van der Waals surface area contributed by atoms with Crippen LogP contribution in [-0.4, -0.2) is 36.6 Å². The van der Waals surface area contributed by atoms with Crippen LogP contribution in [0.5, 0.6) is 0 Å². The molecule has 160 valence electrons. The lowest BCUT2D eigenvalue weighted by atomic mass is 10.0. The number of benzene rings is 2. The number of hydrogen-bond donors (Lipinski definition) is 0. The fourth-order valence-corrected chi connectivity index (χ4v) is 6.03. The highest BCUT2D eigenvalue weighted by Gasteiger charge is 2.33. The molecule has 31 heavy (non-hydrogen) atoms. The molecule has 0 bridgehead atoms. The van der Waals surface area contributed by atoms with Crippen molar-refractivity contribution < 1.29 is 17.6 Å². The first kappa shape index (κ1) is 20.0. The molecule has 0 N–H and O–H groups in total. The Kier molecular flexibility index (Phi) is 5.16. The molecule has 7 heteroatoms. The van der Waals surface area contributed by atoms with Crippen molar-refractivity contribution in [2.75, 3.05) is 13.1 Å². The number of sulfonamides is 1. The number of carbonyl (C=O) groups is 1. The van der Waals surface area contributed by atoms with Gasteiger partial charge in [-0.3, -0.25) is 4.79 Å². The normalized spacial score (nSPS) is 19.4. The third kappa shape index (κ3) is 3.68. The van der Waals surface area contributed by atoms with Crippen molar-refractivity contribution in [1.82, 2.24) is 9.21 Å². The average Bonchev–Trinajstić information content (AvgIpc) is 3.50. The van der Waals surface area contributed by atoms with Gasteiger partial charge < -0.3 is 9.32 Å². The van der Waals surface area contributed by atoms with Gasteiger partial charge in [-0.15, -0.1) is 0 Å². The maximum absolute atomic E-state index is 13.3. The molecule has 2 aliphatic rings. The van der Waals surface area contributed by atoms with Gasteiger partial charge in [0.2, 0.25) is 10.0 Å². The van der Waals surface area contributed by atoms with E-state index in [9.17, 15) is 13.2 Å². The lowest BCUT2D eigenvalue weighted by molar-refractivity contribution is 0.0719. The summed E-state index contributed by atoms with van der Waals surface area (Å²) in [7, 11) is -3.70. The van der Waals surface area contributed by atoms with E-state index >= 15 is 0 Å². The Bertz CT molecular complexity index is 1200. The lowest BCUT2D eigenvalue weighted by Gasteiger charge is -2.28. The van der Waals surface area contributed by atoms with E-state index in [0.717, 1.165) is 24.2 Å². The van der Waals surface area contributed by atoms with Gasteiger partial charge in [0.05, 0.1) is 17.2 Å². The highest BCUT2D eigenvalue weighted by Crippen LogP contribution is 2.34. The maximum atomic E-state index is 13.3. The highest BCUT2D eigenvalue weighted by molar-refractivity contribution is 7.89. The van der Waals surface area contributed by atoms with E-state index < -0.39 is 10.0 Å². The van der Waals surface area contributed by atoms with Gasteiger partial charge in [-0.05, 0) is 60.7 Å². The smallest absolute Gasteiger partial charge is 0.254 e. The van der Waals surface area contributed by atoms with Crippen molar-refractivity contribution in [3.05, 3.63) is 89.4 Å². The Balaban J connectivity index is 1.40. The summed E-state index contributed by atoms with van der Waals surface area (Å²) in [6.07, 6.45) is 4.03. The SMILES string of the molecule is O=C(c1cccc(S(=O)(=O)N2CCc3ccccc3C2)c1)N1CCCC1c1ccco1. The maximum Gasteiger partial charge on any atom is 0.254 e. The van der Waals surface area contributed by atoms with Gasteiger partial charge >= 0.3 is 0 Å². The number of nitrogens with zero attached hydrogens (tertiary/aromatic N) is 2. The van der Waals surface area contributed by atoms with Crippen LogP contribution in [0.1, 0.15) is 46.1 Å². The van der Waals surface area contributed by atoms with Crippen molar-refractivity contribution in [3.8, 4) is 0 Å². The van der Waals surface area contributed by atoms with Crippen LogP contribution in [0.2, 0.25) is 0 Å². The number of fused-ring (bicyclic) bond motifs is 1. The van der Waals surface area contributed by atoms with E-state index in [1.165, 1.54) is 15.9 Å². The molecule has 1 atom stereocenters. The predicted molar refractivity (Wildman–Crippen MR) is 116 cm³/mol. The summed E-state index contributed by atoms with van der Waals surface area (Å²) in [5.41, 5.74) is 2.61. The van der Waals surface area contributed by atoms with Crippen molar-refractivity contribution in [2.24, 2.45) is 0 Å². The number of amides is 1. The van der Waals surface area contributed by atoms with Gasteiger partial charge in [-0.1, -0.05) is 30.3 Å². The second kappa shape index (κ2) is 7.98. The number of carbonyl (C=O) groups excluding carboxylic acids is 1.